The Kier molecular flexibility index (Phi) is 3.64. The molecule has 1 aromatic carbocycles. The van der Waals surface area contributed by atoms with Crippen molar-refractivity contribution in [1.82, 2.24) is 0 Å². The van der Waals surface area contributed by atoms with E-state index in [1.807, 2.05) is 32.9 Å². The molecule has 2 aliphatic rings. The lowest BCUT2D eigenvalue weighted by molar-refractivity contribution is 0.0576. The maximum Gasteiger partial charge on any atom is 0.414 e. The average molecular weight is 353 g/mol. The highest BCUT2D eigenvalue weighted by atomic mass is 79.9. The highest BCUT2D eigenvalue weighted by Gasteiger charge is 2.37. The first-order valence-electron chi connectivity index (χ1n) is 7.42. The van der Waals surface area contributed by atoms with Crippen LogP contribution >= 0.6 is 15.9 Å². The van der Waals surface area contributed by atoms with Gasteiger partial charge in [-0.2, -0.15) is 0 Å². The van der Waals surface area contributed by atoms with Gasteiger partial charge in [-0.25, -0.2) is 4.79 Å². The molecule has 0 N–H and O–H groups in total. The van der Waals surface area contributed by atoms with Crippen molar-refractivity contribution in [3.63, 3.8) is 0 Å². The zero-order valence-electron chi connectivity index (χ0n) is 12.7. The van der Waals surface area contributed by atoms with Crippen LogP contribution in [-0.4, -0.2) is 30.8 Å². The fraction of sp³-hybridized carbons (Fsp3) is 0.562. The first-order chi connectivity index (χ1) is 9.85. The Labute approximate surface area is 134 Å². The number of hydrogen-bond donors (Lipinski definition) is 0. The van der Waals surface area contributed by atoms with Crippen molar-refractivity contribution in [2.45, 2.75) is 45.3 Å². The van der Waals surface area contributed by atoms with E-state index in [9.17, 15) is 4.79 Å². The first-order valence-corrected chi connectivity index (χ1v) is 8.21. The van der Waals surface area contributed by atoms with E-state index in [0.29, 0.717) is 12.6 Å². The van der Waals surface area contributed by atoms with Crippen LogP contribution in [0.4, 0.5) is 16.2 Å². The van der Waals surface area contributed by atoms with E-state index in [1.165, 1.54) is 6.42 Å². The standard InChI is InChI=1S/C16H21BrN2O2/c1-16(2,3)21-15(20)19-10-12-5-4-8-18(12)13-7-6-11(17)9-14(13)19/h6-7,9,12H,4-5,8,10H2,1-3H3. The Morgan fingerprint density at radius 2 is 2.10 bits per heavy atom. The molecule has 0 spiro atoms. The summed E-state index contributed by atoms with van der Waals surface area (Å²) in [5, 5.41) is 0. The first kappa shape index (κ1) is 14.7. The second-order valence-corrected chi connectivity index (χ2v) is 7.63. The van der Waals surface area contributed by atoms with Crippen LogP contribution in [0, 0.1) is 0 Å². The molecular formula is C16H21BrN2O2. The lowest BCUT2D eigenvalue weighted by Crippen LogP contribution is -2.49. The topological polar surface area (TPSA) is 32.8 Å². The highest BCUT2D eigenvalue weighted by molar-refractivity contribution is 9.10. The largest absolute Gasteiger partial charge is 0.443 e. The predicted octanol–water partition coefficient (Wildman–Crippen LogP) is 4.17. The van der Waals surface area contributed by atoms with Crippen LogP contribution in [-0.2, 0) is 4.74 Å². The Balaban J connectivity index is 1.97. The molecule has 4 nitrogen and oxygen atoms in total. The van der Waals surface area contributed by atoms with Gasteiger partial charge in [-0.3, -0.25) is 4.90 Å². The number of nitrogens with zero attached hydrogens (tertiary/aromatic N) is 2. The third kappa shape index (κ3) is 2.89. The molecule has 2 aliphatic heterocycles. The Hall–Kier alpha value is -1.23. The molecule has 1 aromatic rings. The molecule has 1 saturated heterocycles. The fourth-order valence-corrected chi connectivity index (χ4v) is 3.45. The third-order valence-electron chi connectivity index (χ3n) is 3.92. The minimum Gasteiger partial charge on any atom is -0.443 e. The zero-order valence-corrected chi connectivity index (χ0v) is 14.3. The maximum absolute atomic E-state index is 12.5. The molecule has 21 heavy (non-hydrogen) atoms. The van der Waals surface area contributed by atoms with E-state index in [2.05, 4.69) is 26.9 Å². The summed E-state index contributed by atoms with van der Waals surface area (Å²) in [6.45, 7) is 7.48. The molecule has 114 valence electrons. The number of carbonyl (C=O) groups excluding carboxylic acids is 1. The minimum absolute atomic E-state index is 0.256. The molecule has 1 amide bonds. The van der Waals surface area contributed by atoms with Gasteiger partial charge in [0.1, 0.15) is 5.60 Å². The number of rotatable bonds is 0. The molecule has 0 saturated carbocycles. The highest BCUT2D eigenvalue weighted by Crippen LogP contribution is 2.41. The lowest BCUT2D eigenvalue weighted by atomic mass is 10.1. The summed E-state index contributed by atoms with van der Waals surface area (Å²) in [4.78, 5) is 16.8. The molecule has 1 atom stereocenters. The van der Waals surface area contributed by atoms with Crippen molar-refractivity contribution in [3.8, 4) is 0 Å². The van der Waals surface area contributed by atoms with Gasteiger partial charge < -0.3 is 9.64 Å². The van der Waals surface area contributed by atoms with Crippen molar-refractivity contribution in [2.75, 3.05) is 22.9 Å². The normalized spacial score (nSPS) is 21.0. The van der Waals surface area contributed by atoms with Crippen molar-refractivity contribution in [3.05, 3.63) is 22.7 Å². The van der Waals surface area contributed by atoms with E-state index < -0.39 is 5.60 Å². The zero-order chi connectivity index (χ0) is 15.2. The van der Waals surface area contributed by atoms with Gasteiger partial charge in [0.25, 0.3) is 0 Å². The van der Waals surface area contributed by atoms with E-state index >= 15 is 0 Å². The summed E-state index contributed by atoms with van der Waals surface area (Å²) >= 11 is 3.50. The summed E-state index contributed by atoms with van der Waals surface area (Å²) in [5.41, 5.74) is 1.60. The molecule has 1 fully saturated rings. The minimum atomic E-state index is -0.476. The van der Waals surface area contributed by atoms with Gasteiger partial charge in [-0.1, -0.05) is 15.9 Å². The van der Waals surface area contributed by atoms with Crippen molar-refractivity contribution < 1.29 is 9.53 Å². The van der Waals surface area contributed by atoms with E-state index in [-0.39, 0.29) is 6.09 Å². The molecule has 0 aromatic heterocycles. The number of hydrogen-bond acceptors (Lipinski definition) is 3. The monoisotopic (exact) mass is 352 g/mol. The Morgan fingerprint density at radius 3 is 2.81 bits per heavy atom. The molecule has 2 heterocycles. The van der Waals surface area contributed by atoms with Gasteiger partial charge >= 0.3 is 6.09 Å². The van der Waals surface area contributed by atoms with Gasteiger partial charge in [-0.05, 0) is 51.8 Å². The van der Waals surface area contributed by atoms with Crippen molar-refractivity contribution in [1.29, 1.82) is 0 Å². The predicted molar refractivity (Wildman–Crippen MR) is 88.1 cm³/mol. The molecule has 0 bridgehead atoms. The number of fused-ring (bicyclic) bond motifs is 3. The lowest BCUT2D eigenvalue weighted by Gasteiger charge is -2.40. The molecule has 0 aliphatic carbocycles. The van der Waals surface area contributed by atoms with E-state index in [1.54, 1.807) is 4.90 Å². The summed E-state index contributed by atoms with van der Waals surface area (Å²) in [5.74, 6) is 0. The van der Waals surface area contributed by atoms with Gasteiger partial charge in [0.15, 0.2) is 0 Å². The number of benzene rings is 1. The van der Waals surface area contributed by atoms with Gasteiger partial charge in [0, 0.05) is 23.6 Å². The molecule has 1 unspecified atom stereocenters. The third-order valence-corrected chi connectivity index (χ3v) is 4.42. The van der Waals surface area contributed by atoms with Gasteiger partial charge in [0.05, 0.1) is 11.4 Å². The Bertz CT molecular complexity index is 568. The van der Waals surface area contributed by atoms with Crippen molar-refractivity contribution in [2.24, 2.45) is 0 Å². The number of carbonyl (C=O) groups is 1. The summed E-state index contributed by atoms with van der Waals surface area (Å²) in [6.07, 6.45) is 2.06. The molecule has 5 heteroatoms. The van der Waals surface area contributed by atoms with Crippen LogP contribution in [0.2, 0.25) is 0 Å². The summed E-state index contributed by atoms with van der Waals surface area (Å²) in [6, 6.07) is 6.54. The van der Waals surface area contributed by atoms with E-state index in [4.69, 9.17) is 4.74 Å². The van der Waals surface area contributed by atoms with Crippen LogP contribution in [0.1, 0.15) is 33.6 Å². The van der Waals surface area contributed by atoms with Crippen LogP contribution in [0.3, 0.4) is 0 Å². The van der Waals surface area contributed by atoms with Crippen LogP contribution in [0.25, 0.3) is 0 Å². The smallest absolute Gasteiger partial charge is 0.414 e. The van der Waals surface area contributed by atoms with Crippen LogP contribution in [0.15, 0.2) is 22.7 Å². The number of amides is 1. The van der Waals surface area contributed by atoms with Gasteiger partial charge in [0.2, 0.25) is 0 Å². The summed E-state index contributed by atoms with van der Waals surface area (Å²) in [7, 11) is 0. The Morgan fingerprint density at radius 1 is 1.33 bits per heavy atom. The quantitative estimate of drug-likeness (QED) is 0.702. The van der Waals surface area contributed by atoms with E-state index in [0.717, 1.165) is 28.8 Å². The molecular weight excluding hydrogens is 332 g/mol. The molecule has 3 rings (SSSR count). The maximum atomic E-state index is 12.5. The average Bonchev–Trinajstić information content (AvgIpc) is 2.83. The fourth-order valence-electron chi connectivity index (χ4n) is 3.10. The van der Waals surface area contributed by atoms with Crippen LogP contribution in [0.5, 0.6) is 0 Å². The number of halogens is 1. The number of anilines is 2. The number of ether oxygens (including phenoxy) is 1. The molecule has 0 radical (unpaired) electrons. The second-order valence-electron chi connectivity index (χ2n) is 6.71. The second kappa shape index (κ2) is 5.20. The summed E-state index contributed by atoms with van der Waals surface area (Å²) < 4.78 is 6.55. The van der Waals surface area contributed by atoms with Crippen LogP contribution < -0.4 is 9.80 Å². The van der Waals surface area contributed by atoms with Gasteiger partial charge in [-0.15, -0.1) is 0 Å². The SMILES string of the molecule is CC(C)(C)OC(=O)N1CC2CCCN2c2ccc(Br)cc21. The van der Waals surface area contributed by atoms with Crippen molar-refractivity contribution >= 4 is 33.4 Å².